The van der Waals surface area contributed by atoms with E-state index in [1.807, 2.05) is 0 Å². The van der Waals surface area contributed by atoms with Gasteiger partial charge in [-0.2, -0.15) is 0 Å². The van der Waals surface area contributed by atoms with Crippen molar-refractivity contribution in [2.45, 2.75) is 6.42 Å². The van der Waals surface area contributed by atoms with Crippen molar-refractivity contribution in [2.75, 3.05) is 0 Å². The molecule has 16 nitrogen and oxygen atoms in total. The number of hydrogen-bond acceptors (Lipinski definition) is 14. The minimum atomic E-state index is -0.687. The number of carbonyl (C=O) groups is 2. The maximum atomic E-state index is 9.73. The predicted octanol–water partition coefficient (Wildman–Crippen LogP) is -7.81. The second-order valence-electron chi connectivity index (χ2n) is 3.84. The monoisotopic (exact) mass is 366 g/mol. The van der Waals surface area contributed by atoms with Gasteiger partial charge < -0.3 is 80.3 Å². The van der Waals surface area contributed by atoms with E-state index in [1.165, 1.54) is 0 Å². The molecule has 2 amide bonds. The van der Waals surface area contributed by atoms with Gasteiger partial charge in [0.25, 0.3) is 0 Å². The van der Waals surface area contributed by atoms with Gasteiger partial charge in [0.1, 0.15) is 41.3 Å². The van der Waals surface area contributed by atoms with Crippen molar-refractivity contribution < 1.29 is 9.59 Å². The topological polar surface area (TPSA) is 398 Å². The fourth-order valence-electron chi connectivity index (χ4n) is 0.172. The lowest BCUT2D eigenvalue weighted by molar-refractivity contribution is -0.125. The third kappa shape index (κ3) is 45.1. The summed E-state index contributed by atoms with van der Waals surface area (Å²) in [7, 11) is 0. The number of rotatable bonds is 2. The Kier molecular flexibility index (Phi) is 18.6. The van der Waals surface area contributed by atoms with E-state index in [1.54, 1.807) is 0 Å². The highest BCUT2D eigenvalue weighted by Gasteiger charge is 1.96. The summed E-state index contributed by atoms with van der Waals surface area (Å²) in [4.78, 5) is 19.5. The Hall–Kier alpha value is -4.24. The molecule has 0 aliphatic heterocycles. The molecule has 0 bridgehead atoms. The summed E-state index contributed by atoms with van der Waals surface area (Å²) in [5.74, 6) is -1.49. The molecule has 0 fully saturated rings. The van der Waals surface area contributed by atoms with Crippen molar-refractivity contribution >= 4 is 11.8 Å². The van der Waals surface area contributed by atoms with Crippen LogP contribution in [0.25, 0.3) is 0 Å². The number of amides is 2. The van der Waals surface area contributed by atoms with Gasteiger partial charge in [-0.3, -0.25) is 9.59 Å². The first kappa shape index (κ1) is 28.9. The average Bonchev–Trinajstić information content (AvgIpc) is 2.38. The van der Waals surface area contributed by atoms with Crippen LogP contribution in [0.2, 0.25) is 0 Å². The van der Waals surface area contributed by atoms with Gasteiger partial charge in [-0.1, -0.05) is 0 Å². The van der Waals surface area contributed by atoms with E-state index in [-0.39, 0.29) is 41.3 Å². The van der Waals surface area contributed by atoms with Crippen molar-refractivity contribution in [3.63, 3.8) is 0 Å². The Morgan fingerprint density at radius 1 is 0.360 bits per heavy atom. The molecule has 0 aliphatic carbocycles. The van der Waals surface area contributed by atoms with Crippen molar-refractivity contribution in [3.8, 4) is 0 Å². The molecule has 0 unspecified atom stereocenters. The minimum absolute atomic E-state index is 0.0185. The highest BCUT2D eigenvalue weighted by molar-refractivity contribution is 5.95. The maximum absolute atomic E-state index is 9.73. The fraction of sp³-hybridized carbons (Fsp3) is 0.111. The first-order valence-corrected chi connectivity index (χ1v) is 5.91. The standard InChI is InChI=1S/C3H6N2O2.3C2H8N4/c4-2(6)1-3(5)7;3*3-1(4)2(5)6/h1H2,(H2,4,6)(H2,5,7);3*3-6H2. The molecular weight excluding hydrogens is 336 g/mol. The largest absolute Gasteiger partial charge is 0.383 e. The van der Waals surface area contributed by atoms with Crippen LogP contribution in [0.5, 0.6) is 0 Å². The third-order valence-corrected chi connectivity index (χ3v) is 1.35. The molecule has 0 aromatic carbocycles. The number of nitrogens with two attached hydrogens (primary N) is 14. The molecule has 0 aliphatic rings. The lowest BCUT2D eigenvalue weighted by atomic mass is 10.4. The van der Waals surface area contributed by atoms with E-state index in [0.29, 0.717) is 0 Å². The Morgan fingerprint density at radius 3 is 0.480 bits per heavy atom. The molecule has 148 valence electrons. The Balaban J connectivity index is -0.000000118. The van der Waals surface area contributed by atoms with E-state index < -0.39 is 11.8 Å². The van der Waals surface area contributed by atoms with Gasteiger partial charge in [0.15, 0.2) is 0 Å². The van der Waals surface area contributed by atoms with E-state index in [9.17, 15) is 9.59 Å². The molecule has 0 radical (unpaired) electrons. The summed E-state index contributed by atoms with van der Waals surface area (Å²) < 4.78 is 0. The second kappa shape index (κ2) is 16.1. The van der Waals surface area contributed by atoms with Crippen LogP contribution >= 0.6 is 0 Å². The molecule has 0 rings (SSSR count). The molecule has 0 aromatic rings. The zero-order valence-corrected chi connectivity index (χ0v) is 13.6. The highest BCUT2D eigenvalue weighted by Crippen LogP contribution is 1.68. The van der Waals surface area contributed by atoms with Gasteiger partial charge >= 0.3 is 0 Å². The van der Waals surface area contributed by atoms with Crippen LogP contribution in [-0.2, 0) is 9.59 Å². The predicted molar refractivity (Wildman–Crippen MR) is 94.3 cm³/mol. The van der Waals surface area contributed by atoms with Gasteiger partial charge in [-0.25, -0.2) is 0 Å². The van der Waals surface area contributed by atoms with Crippen LogP contribution in [0, 0.1) is 0 Å². The van der Waals surface area contributed by atoms with Crippen LogP contribution in [0.3, 0.4) is 0 Å². The van der Waals surface area contributed by atoms with Crippen LogP contribution in [0.15, 0.2) is 34.9 Å². The first-order valence-electron chi connectivity index (χ1n) is 5.91. The highest BCUT2D eigenvalue weighted by atomic mass is 16.2. The molecule has 0 aromatic heterocycles. The van der Waals surface area contributed by atoms with Gasteiger partial charge in [-0.15, -0.1) is 0 Å². The summed E-state index contributed by atoms with van der Waals surface area (Å²) in [5, 5.41) is 0. The summed E-state index contributed by atoms with van der Waals surface area (Å²) in [6.07, 6.45) is -0.361. The van der Waals surface area contributed by atoms with Gasteiger partial charge in [0.2, 0.25) is 11.8 Å². The molecule has 0 atom stereocenters. The van der Waals surface area contributed by atoms with Crippen LogP contribution in [0.1, 0.15) is 6.42 Å². The summed E-state index contributed by atoms with van der Waals surface area (Å²) in [5.41, 5.74) is 67.2. The average molecular weight is 366 g/mol. The molecular formula is C9H30N14O2. The lowest BCUT2D eigenvalue weighted by Gasteiger charge is -1.89. The van der Waals surface area contributed by atoms with Crippen molar-refractivity contribution in [3.05, 3.63) is 34.9 Å². The number of carbonyl (C=O) groups excluding carboxylic acids is 2. The Labute approximate surface area is 144 Å². The van der Waals surface area contributed by atoms with E-state index in [2.05, 4.69) is 11.5 Å². The molecule has 16 heteroatoms. The SMILES string of the molecule is NC(=O)CC(N)=O.NC(N)=C(N)N.NC(N)=C(N)N.NC(N)=C(N)N. The van der Waals surface area contributed by atoms with E-state index in [0.717, 1.165) is 0 Å². The second-order valence-corrected chi connectivity index (χ2v) is 3.84. The molecule has 0 heterocycles. The van der Waals surface area contributed by atoms with Crippen LogP contribution in [-0.4, -0.2) is 11.8 Å². The van der Waals surface area contributed by atoms with E-state index >= 15 is 0 Å². The third-order valence-electron chi connectivity index (χ3n) is 1.35. The smallest absolute Gasteiger partial charge is 0.226 e. The molecule has 28 N–H and O–H groups in total. The number of hydrogen-bond donors (Lipinski definition) is 14. The van der Waals surface area contributed by atoms with Crippen LogP contribution in [0.4, 0.5) is 0 Å². The van der Waals surface area contributed by atoms with Crippen LogP contribution < -0.4 is 80.3 Å². The molecule has 0 saturated carbocycles. The molecule has 0 saturated heterocycles. The van der Waals surface area contributed by atoms with Gasteiger partial charge in [-0.05, 0) is 0 Å². The summed E-state index contributed by atoms with van der Waals surface area (Å²) >= 11 is 0. The zero-order chi connectivity index (χ0) is 21.3. The first-order chi connectivity index (χ1) is 11.1. The Morgan fingerprint density at radius 2 is 0.480 bits per heavy atom. The zero-order valence-electron chi connectivity index (χ0n) is 13.6. The minimum Gasteiger partial charge on any atom is -0.383 e. The lowest BCUT2D eigenvalue weighted by Crippen LogP contribution is -2.22. The van der Waals surface area contributed by atoms with Gasteiger partial charge in [0.05, 0.1) is 0 Å². The molecule has 0 spiro atoms. The number of primary amides is 2. The molecule has 25 heavy (non-hydrogen) atoms. The van der Waals surface area contributed by atoms with Crippen molar-refractivity contribution in [1.29, 1.82) is 0 Å². The van der Waals surface area contributed by atoms with Crippen molar-refractivity contribution in [1.82, 2.24) is 0 Å². The van der Waals surface area contributed by atoms with Crippen molar-refractivity contribution in [2.24, 2.45) is 80.3 Å². The summed E-state index contributed by atoms with van der Waals surface area (Å²) in [6.45, 7) is 0. The summed E-state index contributed by atoms with van der Waals surface area (Å²) in [6, 6.07) is 0. The van der Waals surface area contributed by atoms with E-state index in [4.69, 9.17) is 68.8 Å². The van der Waals surface area contributed by atoms with Gasteiger partial charge in [0, 0.05) is 0 Å². The quantitative estimate of drug-likeness (QED) is 0.202. The fourth-order valence-corrected chi connectivity index (χ4v) is 0.172. The Bertz CT molecular complexity index is 390. The normalized spacial score (nSPS) is 7.52. The maximum Gasteiger partial charge on any atom is 0.226 e.